The maximum absolute atomic E-state index is 14.0. The quantitative estimate of drug-likeness (QED) is 0.580. The van der Waals surface area contributed by atoms with Crippen LogP contribution >= 0.6 is 0 Å². The van der Waals surface area contributed by atoms with Gasteiger partial charge in [0.1, 0.15) is 11.6 Å². The molecule has 1 aromatic heterocycles. The van der Waals surface area contributed by atoms with E-state index in [2.05, 4.69) is 46.6 Å². The van der Waals surface area contributed by atoms with Crippen molar-refractivity contribution in [2.75, 3.05) is 37.7 Å². The molecule has 5 rings (SSSR count). The number of nitrogens with one attached hydrogen (secondary N) is 1. The standard InChI is InChI=1S/C27H32FN3O/c28-24-9-6-8-23(18-24)27(11-15-32-16-12-27)20-29-19-22-17-21-7-2-3-10-25(21)30-26(22)31-13-4-1-5-14-31/h2-3,6-10,17-18,29H,1,4-5,11-16,19-20H2. The predicted molar refractivity (Wildman–Crippen MR) is 128 cm³/mol. The summed E-state index contributed by atoms with van der Waals surface area (Å²) < 4.78 is 19.7. The van der Waals surface area contributed by atoms with E-state index in [0.717, 1.165) is 69.1 Å². The van der Waals surface area contributed by atoms with Crippen LogP contribution in [0.2, 0.25) is 0 Å². The van der Waals surface area contributed by atoms with Gasteiger partial charge in [-0.05, 0) is 61.9 Å². The highest BCUT2D eigenvalue weighted by atomic mass is 19.1. The minimum absolute atomic E-state index is 0.101. The van der Waals surface area contributed by atoms with E-state index < -0.39 is 0 Å². The molecule has 0 amide bonds. The maximum atomic E-state index is 14.0. The summed E-state index contributed by atoms with van der Waals surface area (Å²) in [5.74, 6) is 0.946. The van der Waals surface area contributed by atoms with Gasteiger partial charge in [0.2, 0.25) is 0 Å². The number of anilines is 1. The van der Waals surface area contributed by atoms with Crippen LogP contribution in [0.25, 0.3) is 10.9 Å². The van der Waals surface area contributed by atoms with Gasteiger partial charge in [0, 0.05) is 55.8 Å². The SMILES string of the molecule is Fc1cccc(C2(CNCc3cc4ccccc4nc3N3CCCCC3)CCOCC2)c1. The van der Waals surface area contributed by atoms with E-state index in [9.17, 15) is 4.39 Å². The van der Waals surface area contributed by atoms with Crippen LogP contribution in [-0.2, 0) is 16.7 Å². The van der Waals surface area contributed by atoms with Crippen molar-refractivity contribution in [1.29, 1.82) is 0 Å². The fourth-order valence-electron chi connectivity index (χ4n) is 5.24. The van der Waals surface area contributed by atoms with Crippen molar-refractivity contribution in [3.8, 4) is 0 Å². The molecule has 168 valence electrons. The van der Waals surface area contributed by atoms with E-state index >= 15 is 0 Å². The number of piperidine rings is 1. The van der Waals surface area contributed by atoms with Gasteiger partial charge in [-0.3, -0.25) is 0 Å². The molecule has 5 heteroatoms. The number of ether oxygens (including phenoxy) is 1. The van der Waals surface area contributed by atoms with Gasteiger partial charge in [0.15, 0.2) is 0 Å². The van der Waals surface area contributed by atoms with Gasteiger partial charge in [-0.15, -0.1) is 0 Å². The molecule has 0 radical (unpaired) electrons. The largest absolute Gasteiger partial charge is 0.381 e. The summed E-state index contributed by atoms with van der Waals surface area (Å²) in [6.07, 6.45) is 5.56. The van der Waals surface area contributed by atoms with Crippen LogP contribution in [0.15, 0.2) is 54.6 Å². The van der Waals surface area contributed by atoms with Gasteiger partial charge >= 0.3 is 0 Å². The number of hydrogen-bond donors (Lipinski definition) is 1. The van der Waals surface area contributed by atoms with Crippen molar-refractivity contribution in [2.24, 2.45) is 0 Å². The van der Waals surface area contributed by atoms with Gasteiger partial charge in [-0.1, -0.05) is 30.3 Å². The Kier molecular flexibility index (Phi) is 6.37. The highest BCUT2D eigenvalue weighted by Crippen LogP contribution is 2.35. The Bertz CT molecular complexity index is 1060. The number of rotatable bonds is 6. The van der Waals surface area contributed by atoms with Crippen molar-refractivity contribution >= 4 is 16.7 Å². The molecule has 0 unspecified atom stereocenters. The van der Waals surface area contributed by atoms with Crippen molar-refractivity contribution in [3.05, 3.63) is 71.5 Å². The first-order valence-corrected chi connectivity index (χ1v) is 11.9. The zero-order valence-corrected chi connectivity index (χ0v) is 18.7. The molecule has 2 saturated heterocycles. The molecule has 32 heavy (non-hydrogen) atoms. The Morgan fingerprint density at radius 1 is 0.969 bits per heavy atom. The number of benzene rings is 2. The number of hydrogen-bond acceptors (Lipinski definition) is 4. The van der Waals surface area contributed by atoms with Gasteiger partial charge in [0.25, 0.3) is 0 Å². The first-order chi connectivity index (χ1) is 15.7. The fourth-order valence-corrected chi connectivity index (χ4v) is 5.24. The van der Waals surface area contributed by atoms with E-state index in [1.807, 2.05) is 6.07 Å². The lowest BCUT2D eigenvalue weighted by molar-refractivity contribution is 0.0497. The first-order valence-electron chi connectivity index (χ1n) is 11.9. The molecule has 0 saturated carbocycles. The molecule has 2 aliphatic heterocycles. The number of halogens is 1. The zero-order valence-electron chi connectivity index (χ0n) is 18.7. The molecule has 0 aliphatic carbocycles. The van der Waals surface area contributed by atoms with E-state index in [1.165, 1.54) is 36.3 Å². The Hall–Kier alpha value is -2.50. The molecule has 0 bridgehead atoms. The summed E-state index contributed by atoms with van der Waals surface area (Å²) in [6.45, 7) is 5.13. The predicted octanol–water partition coefficient (Wildman–Crippen LogP) is 5.20. The smallest absolute Gasteiger partial charge is 0.133 e. The van der Waals surface area contributed by atoms with Crippen LogP contribution in [0.1, 0.15) is 43.2 Å². The highest BCUT2D eigenvalue weighted by Gasteiger charge is 2.34. The van der Waals surface area contributed by atoms with Crippen LogP contribution < -0.4 is 10.2 Å². The van der Waals surface area contributed by atoms with Crippen molar-refractivity contribution in [2.45, 2.75) is 44.1 Å². The Labute approximate surface area is 189 Å². The summed E-state index contributed by atoms with van der Waals surface area (Å²) >= 11 is 0. The number of aromatic nitrogens is 1. The fraction of sp³-hybridized carbons (Fsp3) is 0.444. The zero-order chi connectivity index (χ0) is 21.8. The monoisotopic (exact) mass is 433 g/mol. The Morgan fingerprint density at radius 3 is 2.59 bits per heavy atom. The van der Waals surface area contributed by atoms with Crippen LogP contribution in [0.3, 0.4) is 0 Å². The topological polar surface area (TPSA) is 37.4 Å². The molecule has 2 aliphatic rings. The molecule has 3 heterocycles. The average molecular weight is 434 g/mol. The summed E-state index contributed by atoms with van der Waals surface area (Å²) in [4.78, 5) is 7.52. The lowest BCUT2D eigenvalue weighted by Gasteiger charge is -2.38. The second-order valence-electron chi connectivity index (χ2n) is 9.22. The third kappa shape index (κ3) is 4.50. The second kappa shape index (κ2) is 9.55. The molecule has 2 aromatic carbocycles. The Balaban J connectivity index is 1.40. The van der Waals surface area contributed by atoms with Crippen molar-refractivity contribution in [3.63, 3.8) is 0 Å². The molecule has 0 spiro atoms. The third-order valence-electron chi connectivity index (χ3n) is 7.10. The van der Waals surface area contributed by atoms with Gasteiger partial charge in [-0.2, -0.15) is 0 Å². The number of pyridine rings is 1. The van der Waals surface area contributed by atoms with Crippen LogP contribution in [0.4, 0.5) is 10.2 Å². The van der Waals surface area contributed by atoms with Gasteiger partial charge in [0.05, 0.1) is 5.52 Å². The molecular formula is C27H32FN3O. The second-order valence-corrected chi connectivity index (χ2v) is 9.22. The van der Waals surface area contributed by atoms with E-state index in [1.54, 1.807) is 6.07 Å². The van der Waals surface area contributed by atoms with Crippen molar-refractivity contribution < 1.29 is 9.13 Å². The molecule has 1 N–H and O–H groups in total. The minimum atomic E-state index is -0.167. The number of nitrogens with zero attached hydrogens (tertiary/aromatic N) is 2. The van der Waals surface area contributed by atoms with E-state index in [0.29, 0.717) is 0 Å². The van der Waals surface area contributed by atoms with Gasteiger partial charge in [-0.25, -0.2) is 9.37 Å². The van der Waals surface area contributed by atoms with Crippen LogP contribution in [0.5, 0.6) is 0 Å². The Morgan fingerprint density at radius 2 is 1.78 bits per heavy atom. The van der Waals surface area contributed by atoms with E-state index in [4.69, 9.17) is 9.72 Å². The summed E-state index contributed by atoms with van der Waals surface area (Å²) in [6, 6.07) is 17.8. The molecule has 3 aromatic rings. The van der Waals surface area contributed by atoms with Crippen LogP contribution in [0, 0.1) is 5.82 Å². The highest BCUT2D eigenvalue weighted by molar-refractivity contribution is 5.81. The van der Waals surface area contributed by atoms with Gasteiger partial charge < -0.3 is 15.0 Å². The molecule has 2 fully saturated rings. The number of para-hydroxylation sites is 1. The summed E-state index contributed by atoms with van der Waals surface area (Å²) in [5, 5.41) is 4.91. The minimum Gasteiger partial charge on any atom is -0.381 e. The lowest BCUT2D eigenvalue weighted by Crippen LogP contribution is -2.43. The van der Waals surface area contributed by atoms with E-state index in [-0.39, 0.29) is 11.2 Å². The molecule has 0 atom stereocenters. The average Bonchev–Trinajstić information content (AvgIpc) is 2.85. The van der Waals surface area contributed by atoms with Crippen molar-refractivity contribution in [1.82, 2.24) is 10.3 Å². The molecular weight excluding hydrogens is 401 g/mol. The number of fused-ring (bicyclic) bond motifs is 1. The maximum Gasteiger partial charge on any atom is 0.133 e. The van der Waals surface area contributed by atoms with Crippen LogP contribution in [-0.4, -0.2) is 37.8 Å². The third-order valence-corrected chi connectivity index (χ3v) is 7.10. The molecule has 4 nitrogen and oxygen atoms in total. The first kappa shape index (κ1) is 21.4. The summed E-state index contributed by atoms with van der Waals surface area (Å²) in [5.41, 5.74) is 3.27. The summed E-state index contributed by atoms with van der Waals surface area (Å²) in [7, 11) is 0. The normalized spacial score (nSPS) is 18.7. The lowest BCUT2D eigenvalue weighted by atomic mass is 9.74.